The maximum absolute atomic E-state index is 10.5. The molecule has 4 heteroatoms. The summed E-state index contributed by atoms with van der Waals surface area (Å²) in [5.41, 5.74) is 0. The number of fused-ring (bicyclic) bond motifs is 2. The number of aliphatic hydroxyl groups is 1. The number of carbonyl (C=O) groups is 1. The molecule has 142 valence electrons. The number of carboxylic acid groups (broad SMARTS) is 1. The second-order valence-electron chi connectivity index (χ2n) is 7.54. The number of hydrogen-bond donors (Lipinski definition) is 2. The van der Waals surface area contributed by atoms with Gasteiger partial charge < -0.3 is 10.2 Å². The molecule has 3 aliphatic rings. The number of rotatable bonds is 12. The van der Waals surface area contributed by atoms with Crippen LogP contribution in [0, 0.1) is 11.8 Å². The zero-order valence-electron chi connectivity index (χ0n) is 15.5. The molecule has 2 saturated heterocycles. The van der Waals surface area contributed by atoms with Gasteiger partial charge in [0.2, 0.25) is 0 Å². The molecule has 1 aliphatic carbocycles. The normalized spacial score (nSPS) is 29.8. The molecule has 1 saturated carbocycles. The average Bonchev–Trinajstić information content (AvgIpc) is 2.55. The zero-order chi connectivity index (χ0) is 18.1. The van der Waals surface area contributed by atoms with Crippen molar-refractivity contribution in [3.63, 3.8) is 0 Å². The van der Waals surface area contributed by atoms with Gasteiger partial charge in [-0.1, -0.05) is 50.5 Å². The number of carboxylic acids is 1. The third-order valence-corrected chi connectivity index (χ3v) is 7.11. The minimum atomic E-state index is -0.708. The first-order chi connectivity index (χ1) is 12.1. The molecule has 3 fully saturated rings. The molecule has 3 rings (SSSR count). The lowest BCUT2D eigenvalue weighted by Gasteiger charge is -2.49. The number of aliphatic carboxylic acids is 1. The van der Waals surface area contributed by atoms with Crippen LogP contribution in [-0.2, 0) is 4.79 Å². The third kappa shape index (κ3) is 7.18. The van der Waals surface area contributed by atoms with Crippen molar-refractivity contribution in [1.82, 2.24) is 0 Å². The van der Waals surface area contributed by atoms with Crippen molar-refractivity contribution < 1.29 is 15.0 Å². The lowest BCUT2D eigenvalue weighted by molar-refractivity contribution is -0.137. The molecule has 2 aliphatic heterocycles. The Morgan fingerprint density at radius 2 is 2.04 bits per heavy atom. The van der Waals surface area contributed by atoms with Gasteiger partial charge in [0.05, 0.1) is 6.10 Å². The molecule has 0 radical (unpaired) electrons. The van der Waals surface area contributed by atoms with E-state index in [1.165, 1.54) is 25.7 Å². The lowest BCUT2D eigenvalue weighted by Crippen LogP contribution is -2.44. The van der Waals surface area contributed by atoms with E-state index >= 15 is 0 Å². The Balaban J connectivity index is 1.76. The molecular weight excluding hydrogens is 332 g/mol. The van der Waals surface area contributed by atoms with Crippen molar-refractivity contribution in [1.29, 1.82) is 0 Å². The minimum Gasteiger partial charge on any atom is -0.481 e. The van der Waals surface area contributed by atoms with E-state index in [1.807, 2.05) is 6.08 Å². The Bertz CT molecular complexity index is 454. The lowest BCUT2D eigenvalue weighted by atomic mass is 9.75. The Kier molecular flexibility index (Phi) is 9.11. The van der Waals surface area contributed by atoms with Crippen molar-refractivity contribution >= 4 is 17.7 Å². The first-order valence-electron chi connectivity index (χ1n) is 9.98. The summed E-state index contributed by atoms with van der Waals surface area (Å²) in [4.78, 5) is 10.5. The fourth-order valence-corrected chi connectivity index (χ4v) is 5.58. The highest BCUT2D eigenvalue weighted by atomic mass is 32.2. The van der Waals surface area contributed by atoms with Crippen molar-refractivity contribution in [2.24, 2.45) is 11.8 Å². The van der Waals surface area contributed by atoms with E-state index in [9.17, 15) is 9.90 Å². The van der Waals surface area contributed by atoms with Gasteiger partial charge in [-0.3, -0.25) is 4.79 Å². The Hall–Kier alpha value is -0.740. The average molecular weight is 367 g/mol. The van der Waals surface area contributed by atoms with Crippen LogP contribution in [0.25, 0.3) is 0 Å². The Morgan fingerprint density at radius 3 is 2.76 bits per heavy atom. The number of allylic oxidation sites excluding steroid dienone is 3. The molecule has 2 heterocycles. The molecule has 0 unspecified atom stereocenters. The summed E-state index contributed by atoms with van der Waals surface area (Å²) < 4.78 is 0. The van der Waals surface area contributed by atoms with Crippen LogP contribution in [0.5, 0.6) is 0 Å². The van der Waals surface area contributed by atoms with Crippen molar-refractivity contribution in [2.75, 3.05) is 0 Å². The molecule has 2 bridgehead atoms. The van der Waals surface area contributed by atoms with Gasteiger partial charge in [0.15, 0.2) is 0 Å². The van der Waals surface area contributed by atoms with Gasteiger partial charge in [-0.15, -0.1) is 0 Å². The van der Waals surface area contributed by atoms with Crippen LogP contribution in [0.2, 0.25) is 0 Å². The molecule has 25 heavy (non-hydrogen) atoms. The van der Waals surface area contributed by atoms with E-state index < -0.39 is 5.97 Å². The SMILES string of the molecule is CCCCC[C@H](O)C=C[C@H]1C[C@H]2C[C@H](S2)[C@@H]1CC=CCCCC(=O)O. The van der Waals surface area contributed by atoms with Crippen molar-refractivity contribution in [2.45, 2.75) is 87.7 Å². The Morgan fingerprint density at radius 1 is 1.24 bits per heavy atom. The standard InChI is InChI=1S/C21H34O3S/c1-2-3-6-9-17(22)13-12-16-14-18-15-20(25-18)19(16)10-7-4-5-8-11-21(23)24/h4,7,12-13,16-20,22H,2-3,5-6,8-11,14-15H2,1H3,(H,23,24)/t16-,17-,18-,19+,20-/m0/s1. The van der Waals surface area contributed by atoms with E-state index in [0.29, 0.717) is 11.8 Å². The van der Waals surface area contributed by atoms with Gasteiger partial charge in [-0.25, -0.2) is 0 Å². The second-order valence-corrected chi connectivity index (χ2v) is 9.08. The van der Waals surface area contributed by atoms with Gasteiger partial charge in [-0.05, 0) is 50.4 Å². The van der Waals surface area contributed by atoms with Crippen molar-refractivity contribution in [3.05, 3.63) is 24.3 Å². The predicted molar refractivity (Wildman–Crippen MR) is 106 cm³/mol. The molecule has 0 spiro atoms. The summed E-state index contributed by atoms with van der Waals surface area (Å²) in [6.45, 7) is 2.19. The van der Waals surface area contributed by atoms with Crippen LogP contribution in [-0.4, -0.2) is 32.8 Å². The van der Waals surface area contributed by atoms with Gasteiger partial charge in [0, 0.05) is 16.9 Å². The van der Waals surface area contributed by atoms with Crippen LogP contribution in [0.15, 0.2) is 24.3 Å². The van der Waals surface area contributed by atoms with E-state index in [4.69, 9.17) is 5.11 Å². The number of thioether (sulfide) groups is 1. The monoisotopic (exact) mass is 366 g/mol. The molecule has 0 aromatic carbocycles. The number of aliphatic hydroxyl groups excluding tert-OH is 1. The van der Waals surface area contributed by atoms with Gasteiger partial charge in [0.1, 0.15) is 0 Å². The molecule has 0 aromatic heterocycles. The quantitative estimate of drug-likeness (QED) is 0.368. The van der Waals surface area contributed by atoms with E-state index in [-0.39, 0.29) is 12.5 Å². The van der Waals surface area contributed by atoms with E-state index in [1.54, 1.807) is 0 Å². The van der Waals surface area contributed by atoms with Crippen LogP contribution >= 0.6 is 11.8 Å². The van der Waals surface area contributed by atoms with Gasteiger partial charge >= 0.3 is 5.97 Å². The van der Waals surface area contributed by atoms with Crippen LogP contribution in [0.3, 0.4) is 0 Å². The summed E-state index contributed by atoms with van der Waals surface area (Å²) in [6, 6.07) is 0. The molecule has 5 atom stereocenters. The number of unbranched alkanes of at least 4 members (excludes halogenated alkanes) is 3. The highest BCUT2D eigenvalue weighted by molar-refractivity contribution is 8.01. The van der Waals surface area contributed by atoms with Gasteiger partial charge in [0.25, 0.3) is 0 Å². The van der Waals surface area contributed by atoms with Crippen LogP contribution in [0.4, 0.5) is 0 Å². The molecular formula is C21H34O3S. The molecule has 3 nitrogen and oxygen atoms in total. The maximum atomic E-state index is 10.5. The largest absolute Gasteiger partial charge is 0.481 e. The summed E-state index contributed by atoms with van der Waals surface area (Å²) in [5.74, 6) is 0.555. The highest BCUT2D eigenvalue weighted by Gasteiger charge is 2.44. The summed E-state index contributed by atoms with van der Waals surface area (Å²) in [6.07, 6.45) is 18.4. The second kappa shape index (κ2) is 11.1. The molecule has 0 aromatic rings. The predicted octanol–water partition coefficient (Wildman–Crippen LogP) is 5.20. The summed E-state index contributed by atoms with van der Waals surface area (Å²) in [5, 5.41) is 20.4. The fourth-order valence-electron chi connectivity index (χ4n) is 3.94. The fraction of sp³-hybridized carbons (Fsp3) is 0.762. The first kappa shape index (κ1) is 20.6. The Labute approximate surface area is 157 Å². The van der Waals surface area contributed by atoms with Crippen LogP contribution < -0.4 is 0 Å². The topological polar surface area (TPSA) is 57.5 Å². The number of hydrogen-bond acceptors (Lipinski definition) is 3. The zero-order valence-corrected chi connectivity index (χ0v) is 16.3. The molecule has 2 N–H and O–H groups in total. The third-order valence-electron chi connectivity index (χ3n) is 5.45. The minimum absolute atomic E-state index is 0.259. The summed E-state index contributed by atoms with van der Waals surface area (Å²) in [7, 11) is 0. The van der Waals surface area contributed by atoms with Crippen LogP contribution in [0.1, 0.15) is 71.1 Å². The first-order valence-corrected chi connectivity index (χ1v) is 10.9. The van der Waals surface area contributed by atoms with E-state index in [0.717, 1.165) is 42.6 Å². The maximum Gasteiger partial charge on any atom is 0.303 e. The highest BCUT2D eigenvalue weighted by Crippen LogP contribution is 2.54. The van der Waals surface area contributed by atoms with E-state index in [2.05, 4.69) is 36.9 Å². The molecule has 0 amide bonds. The summed E-state index contributed by atoms with van der Waals surface area (Å²) >= 11 is 2.14. The smallest absolute Gasteiger partial charge is 0.303 e. The van der Waals surface area contributed by atoms with Gasteiger partial charge in [-0.2, -0.15) is 11.8 Å². The van der Waals surface area contributed by atoms with Crippen molar-refractivity contribution in [3.8, 4) is 0 Å².